The first kappa shape index (κ1) is 22.1. The Labute approximate surface area is 166 Å². The number of aliphatic imine (C=N–C) groups is 1. The summed E-state index contributed by atoms with van der Waals surface area (Å²) in [5.41, 5.74) is 0. The van der Waals surface area contributed by atoms with Crippen molar-refractivity contribution in [2.75, 3.05) is 47.5 Å². The van der Waals surface area contributed by atoms with Crippen molar-refractivity contribution in [2.24, 2.45) is 4.99 Å². The van der Waals surface area contributed by atoms with Crippen LogP contribution in [-0.2, 0) is 33.8 Å². The molecule has 158 valence electrons. The van der Waals surface area contributed by atoms with E-state index in [9.17, 15) is 4.79 Å². The van der Waals surface area contributed by atoms with E-state index >= 15 is 0 Å². The lowest BCUT2D eigenvalue weighted by atomic mass is 10.1. The van der Waals surface area contributed by atoms with Gasteiger partial charge in [-0.3, -0.25) is 4.79 Å². The first-order chi connectivity index (χ1) is 13.5. The highest BCUT2D eigenvalue weighted by molar-refractivity contribution is 5.84. The molecule has 1 aliphatic heterocycles. The third-order valence-electron chi connectivity index (χ3n) is 4.35. The highest BCUT2D eigenvalue weighted by Gasteiger charge is 2.22. The summed E-state index contributed by atoms with van der Waals surface area (Å²) in [6, 6.07) is 0.164. The summed E-state index contributed by atoms with van der Waals surface area (Å²) in [5.74, 6) is 2.29. The second-order valence-corrected chi connectivity index (χ2v) is 6.87. The minimum absolute atomic E-state index is 0.0400. The summed E-state index contributed by atoms with van der Waals surface area (Å²) in [6.45, 7) is 5.33. The lowest BCUT2D eigenvalue weighted by Crippen LogP contribution is -2.47. The Balaban J connectivity index is 1.94. The maximum Gasteiger partial charge on any atom is 0.243 e. The molecule has 1 aliphatic rings. The molecule has 1 aromatic heterocycles. The summed E-state index contributed by atoms with van der Waals surface area (Å²) in [5, 5.41) is 11.2. The van der Waals surface area contributed by atoms with E-state index in [1.54, 1.807) is 21.2 Å². The first-order valence-corrected chi connectivity index (χ1v) is 9.77. The van der Waals surface area contributed by atoms with Gasteiger partial charge >= 0.3 is 0 Å². The molecule has 2 N–H and O–H groups in total. The number of hydrogen-bond acceptors (Lipinski definition) is 6. The van der Waals surface area contributed by atoms with Crippen LogP contribution in [0.15, 0.2) is 4.99 Å². The van der Waals surface area contributed by atoms with Crippen LogP contribution in [0.5, 0.6) is 0 Å². The number of carbonyl (C=O) groups is 1. The average molecular weight is 396 g/mol. The zero-order valence-corrected chi connectivity index (χ0v) is 17.4. The van der Waals surface area contributed by atoms with E-state index in [0.29, 0.717) is 38.1 Å². The maximum atomic E-state index is 11.9. The van der Waals surface area contributed by atoms with Gasteiger partial charge in [-0.05, 0) is 19.8 Å². The van der Waals surface area contributed by atoms with Crippen molar-refractivity contribution in [1.29, 1.82) is 0 Å². The molecule has 0 fully saturated rings. The van der Waals surface area contributed by atoms with Crippen molar-refractivity contribution in [2.45, 2.75) is 45.4 Å². The fraction of sp³-hybridized carbons (Fsp3) is 0.778. The number of carbonyl (C=O) groups excluding carboxylic acids is 1. The monoisotopic (exact) mass is 395 g/mol. The van der Waals surface area contributed by atoms with Crippen LogP contribution in [0.1, 0.15) is 31.4 Å². The molecule has 28 heavy (non-hydrogen) atoms. The molecule has 0 saturated carbocycles. The molecule has 1 unspecified atom stereocenters. The van der Waals surface area contributed by atoms with Gasteiger partial charge < -0.3 is 25.0 Å². The molecule has 0 aliphatic carbocycles. The Hall–Kier alpha value is -2.20. The van der Waals surface area contributed by atoms with Crippen LogP contribution in [0, 0.1) is 0 Å². The molecule has 0 spiro atoms. The van der Waals surface area contributed by atoms with E-state index < -0.39 is 0 Å². The van der Waals surface area contributed by atoms with Crippen molar-refractivity contribution >= 4 is 11.9 Å². The van der Waals surface area contributed by atoms with Crippen LogP contribution < -0.4 is 10.6 Å². The number of rotatable bonds is 10. The van der Waals surface area contributed by atoms with Gasteiger partial charge in [0, 0.05) is 53.4 Å². The topological polar surface area (TPSA) is 106 Å². The summed E-state index contributed by atoms with van der Waals surface area (Å²) < 4.78 is 12.4. The first-order valence-electron chi connectivity index (χ1n) is 9.77. The van der Waals surface area contributed by atoms with Gasteiger partial charge in [-0.15, -0.1) is 0 Å². The zero-order chi connectivity index (χ0) is 20.4. The van der Waals surface area contributed by atoms with Crippen LogP contribution in [0.3, 0.4) is 0 Å². The molecule has 10 nitrogen and oxygen atoms in total. The van der Waals surface area contributed by atoms with Crippen LogP contribution in [-0.4, -0.2) is 85.1 Å². The summed E-state index contributed by atoms with van der Waals surface area (Å²) in [6.07, 6.45) is 2.63. The van der Waals surface area contributed by atoms with Gasteiger partial charge in [0.1, 0.15) is 19.0 Å². The molecule has 10 heteroatoms. The fourth-order valence-corrected chi connectivity index (χ4v) is 2.83. The molecule has 0 aromatic carbocycles. The van der Waals surface area contributed by atoms with Crippen molar-refractivity contribution in [1.82, 2.24) is 30.3 Å². The minimum Gasteiger partial charge on any atom is -0.382 e. The number of amides is 1. The quantitative estimate of drug-likeness (QED) is 0.321. The average Bonchev–Trinajstić information content (AvgIpc) is 3.07. The molecule has 2 rings (SSSR count). The SMILES string of the molecule is CCOCCCNC(=NCC(=O)N(C)C)NC1CCc2nc(COC)nn2C1. The van der Waals surface area contributed by atoms with Crippen LogP contribution in [0.25, 0.3) is 0 Å². The molecule has 0 saturated heterocycles. The Morgan fingerprint density at radius 2 is 2.25 bits per heavy atom. The molecule has 1 amide bonds. The molecular weight excluding hydrogens is 362 g/mol. The lowest BCUT2D eigenvalue weighted by Gasteiger charge is -2.25. The van der Waals surface area contributed by atoms with E-state index in [0.717, 1.165) is 31.6 Å². The standard InChI is InChI=1S/C18H33N7O3/c1-5-28-10-6-9-19-18(20-11-17(26)24(2)3)21-14-7-8-16-22-15(13-27-4)23-25(16)12-14/h14H,5-13H2,1-4H3,(H2,19,20,21). The van der Waals surface area contributed by atoms with Crippen LogP contribution >= 0.6 is 0 Å². The smallest absolute Gasteiger partial charge is 0.243 e. The van der Waals surface area contributed by atoms with Crippen molar-refractivity contribution in [3.8, 4) is 0 Å². The number of nitrogens with one attached hydrogen (secondary N) is 2. The summed E-state index contributed by atoms with van der Waals surface area (Å²) in [4.78, 5) is 22.4. The highest BCUT2D eigenvalue weighted by Crippen LogP contribution is 2.13. The third-order valence-corrected chi connectivity index (χ3v) is 4.35. The molecule has 2 heterocycles. The number of fused-ring (bicyclic) bond motifs is 1. The molecule has 0 bridgehead atoms. The van der Waals surface area contributed by atoms with Gasteiger partial charge in [-0.1, -0.05) is 0 Å². The van der Waals surface area contributed by atoms with Crippen molar-refractivity contribution < 1.29 is 14.3 Å². The maximum absolute atomic E-state index is 11.9. The van der Waals surface area contributed by atoms with E-state index in [1.807, 2.05) is 11.6 Å². The van der Waals surface area contributed by atoms with E-state index in [1.165, 1.54) is 4.90 Å². The molecule has 0 radical (unpaired) electrons. The number of aromatic nitrogens is 3. The van der Waals surface area contributed by atoms with Crippen molar-refractivity contribution in [3.05, 3.63) is 11.6 Å². The number of aryl methyl sites for hydroxylation is 1. The van der Waals surface area contributed by atoms with E-state index in [-0.39, 0.29) is 18.5 Å². The third kappa shape index (κ3) is 7.08. The Morgan fingerprint density at radius 3 is 2.96 bits per heavy atom. The fourth-order valence-electron chi connectivity index (χ4n) is 2.83. The van der Waals surface area contributed by atoms with Crippen LogP contribution in [0.4, 0.5) is 0 Å². The number of likely N-dealkylation sites (N-methyl/N-ethyl adjacent to an activating group) is 1. The van der Waals surface area contributed by atoms with Crippen molar-refractivity contribution in [3.63, 3.8) is 0 Å². The largest absolute Gasteiger partial charge is 0.382 e. The summed E-state index contributed by atoms with van der Waals surface area (Å²) >= 11 is 0. The van der Waals surface area contributed by atoms with E-state index in [4.69, 9.17) is 9.47 Å². The van der Waals surface area contributed by atoms with Gasteiger partial charge in [-0.2, -0.15) is 5.10 Å². The van der Waals surface area contributed by atoms with Gasteiger partial charge in [0.15, 0.2) is 11.8 Å². The molecular formula is C18H33N7O3. The number of hydrogen-bond donors (Lipinski definition) is 2. The predicted molar refractivity (Wildman–Crippen MR) is 106 cm³/mol. The molecule has 1 aromatic rings. The number of guanidine groups is 1. The van der Waals surface area contributed by atoms with Gasteiger partial charge in [0.25, 0.3) is 0 Å². The van der Waals surface area contributed by atoms with Gasteiger partial charge in [0.2, 0.25) is 5.91 Å². The number of methoxy groups -OCH3 is 1. The predicted octanol–water partition coefficient (Wildman–Crippen LogP) is -0.211. The van der Waals surface area contributed by atoms with E-state index in [2.05, 4.69) is 25.7 Å². The second-order valence-electron chi connectivity index (χ2n) is 6.87. The van der Waals surface area contributed by atoms with Gasteiger partial charge in [-0.25, -0.2) is 14.7 Å². The normalized spacial score (nSPS) is 16.6. The van der Waals surface area contributed by atoms with Gasteiger partial charge in [0.05, 0.1) is 6.54 Å². The zero-order valence-electron chi connectivity index (χ0n) is 17.4. The lowest BCUT2D eigenvalue weighted by molar-refractivity contribution is -0.127. The Bertz CT molecular complexity index is 645. The Morgan fingerprint density at radius 1 is 1.43 bits per heavy atom. The Kier molecular flexibility index (Phi) is 9.15. The molecule has 1 atom stereocenters. The number of ether oxygens (including phenoxy) is 2. The summed E-state index contributed by atoms with van der Waals surface area (Å²) in [7, 11) is 5.09. The van der Waals surface area contributed by atoms with Crippen LogP contribution in [0.2, 0.25) is 0 Å². The highest BCUT2D eigenvalue weighted by atomic mass is 16.5. The minimum atomic E-state index is -0.0400. The number of nitrogens with zero attached hydrogens (tertiary/aromatic N) is 5. The second kappa shape index (κ2) is 11.6.